The number of carbonyl (C=O) groups excluding carboxylic acids is 1. The Bertz CT molecular complexity index is 1180. The van der Waals surface area contributed by atoms with Gasteiger partial charge < -0.3 is 5.32 Å². The molecule has 0 radical (unpaired) electrons. The standard InChI is InChI=1S/C18H21ClF3N5O4S/c1-25-16(11-5-7-26(8-6-11)32(2,30)31)24-27(17(25)29)10-15(28)23-14-9-12(18(20,21)22)3-4-13(14)19/h3-4,9,11H,5-8,10H2,1-2H3,(H,23,28). The number of aromatic nitrogens is 3. The summed E-state index contributed by atoms with van der Waals surface area (Å²) in [7, 11) is -1.81. The zero-order valence-corrected chi connectivity index (χ0v) is 18.8. The van der Waals surface area contributed by atoms with E-state index in [1.807, 2.05) is 0 Å². The molecule has 1 fully saturated rings. The van der Waals surface area contributed by atoms with Crippen molar-refractivity contribution in [1.82, 2.24) is 18.7 Å². The van der Waals surface area contributed by atoms with Gasteiger partial charge in [0.05, 0.1) is 22.5 Å². The van der Waals surface area contributed by atoms with Crippen molar-refractivity contribution in [2.24, 2.45) is 7.05 Å². The van der Waals surface area contributed by atoms with Crippen molar-refractivity contribution < 1.29 is 26.4 Å². The summed E-state index contributed by atoms with van der Waals surface area (Å²) < 4.78 is 65.6. The summed E-state index contributed by atoms with van der Waals surface area (Å²) in [5.74, 6) is -0.536. The molecular weight excluding hydrogens is 475 g/mol. The van der Waals surface area contributed by atoms with Gasteiger partial charge >= 0.3 is 11.9 Å². The van der Waals surface area contributed by atoms with E-state index in [9.17, 15) is 31.2 Å². The molecule has 0 bridgehead atoms. The molecule has 9 nitrogen and oxygen atoms in total. The fourth-order valence-electron chi connectivity index (χ4n) is 3.53. The van der Waals surface area contributed by atoms with Gasteiger partial charge in [0.15, 0.2) is 0 Å². The Hall–Kier alpha value is -2.38. The summed E-state index contributed by atoms with van der Waals surface area (Å²) in [5.41, 5.74) is -1.78. The number of anilines is 1. The molecule has 0 saturated carbocycles. The average molecular weight is 496 g/mol. The van der Waals surface area contributed by atoms with E-state index in [0.29, 0.717) is 37.8 Å². The van der Waals surface area contributed by atoms with Crippen LogP contribution in [0.2, 0.25) is 5.02 Å². The van der Waals surface area contributed by atoms with Gasteiger partial charge in [-0.2, -0.15) is 18.3 Å². The van der Waals surface area contributed by atoms with Crippen molar-refractivity contribution in [3.63, 3.8) is 0 Å². The van der Waals surface area contributed by atoms with Crippen LogP contribution in [0.25, 0.3) is 0 Å². The van der Waals surface area contributed by atoms with Gasteiger partial charge in [-0.15, -0.1) is 0 Å². The van der Waals surface area contributed by atoms with Gasteiger partial charge in [0.25, 0.3) is 0 Å². The van der Waals surface area contributed by atoms with Crippen LogP contribution in [-0.2, 0) is 34.6 Å². The summed E-state index contributed by atoms with van der Waals surface area (Å²) in [4.78, 5) is 24.9. The fourth-order valence-corrected chi connectivity index (χ4v) is 4.57. The Balaban J connectivity index is 1.73. The third-order valence-electron chi connectivity index (χ3n) is 5.22. The molecule has 14 heteroatoms. The minimum atomic E-state index is -4.61. The van der Waals surface area contributed by atoms with Crippen molar-refractivity contribution in [3.8, 4) is 0 Å². The lowest BCUT2D eigenvalue weighted by atomic mass is 9.97. The van der Waals surface area contributed by atoms with Gasteiger partial charge in [-0.3, -0.25) is 9.36 Å². The quantitative estimate of drug-likeness (QED) is 0.683. The van der Waals surface area contributed by atoms with Crippen LogP contribution in [0.3, 0.4) is 0 Å². The molecule has 2 heterocycles. The number of hydrogen-bond acceptors (Lipinski definition) is 5. The Labute approximate surface area is 186 Å². The molecule has 1 saturated heterocycles. The number of alkyl halides is 3. The lowest BCUT2D eigenvalue weighted by molar-refractivity contribution is -0.137. The van der Waals surface area contributed by atoms with E-state index in [1.54, 1.807) is 0 Å². The highest BCUT2D eigenvalue weighted by atomic mass is 35.5. The average Bonchev–Trinajstić information content (AvgIpc) is 2.96. The van der Waals surface area contributed by atoms with Crippen LogP contribution in [0.5, 0.6) is 0 Å². The lowest BCUT2D eigenvalue weighted by Gasteiger charge is -2.29. The van der Waals surface area contributed by atoms with Gasteiger partial charge in [0, 0.05) is 26.1 Å². The van der Waals surface area contributed by atoms with E-state index in [2.05, 4.69) is 10.4 Å². The van der Waals surface area contributed by atoms with Crippen molar-refractivity contribution >= 4 is 33.2 Å². The minimum absolute atomic E-state index is 0.0851. The number of amides is 1. The van der Waals surface area contributed by atoms with E-state index < -0.39 is 39.9 Å². The van der Waals surface area contributed by atoms with Gasteiger partial charge in [-0.05, 0) is 31.0 Å². The Morgan fingerprint density at radius 1 is 1.28 bits per heavy atom. The number of benzene rings is 1. The maximum Gasteiger partial charge on any atom is 0.416 e. The molecule has 176 valence electrons. The first-order chi connectivity index (χ1) is 14.8. The highest BCUT2D eigenvalue weighted by molar-refractivity contribution is 7.88. The number of rotatable bonds is 5. The fraction of sp³-hybridized carbons (Fsp3) is 0.500. The highest BCUT2D eigenvalue weighted by Crippen LogP contribution is 2.34. The molecule has 3 rings (SSSR count). The Kier molecular flexibility index (Phi) is 6.72. The molecule has 0 atom stereocenters. The number of sulfonamides is 1. The zero-order valence-electron chi connectivity index (χ0n) is 17.2. The SMILES string of the molecule is Cn1c(C2CCN(S(C)(=O)=O)CC2)nn(CC(=O)Nc2cc(C(F)(F)F)ccc2Cl)c1=O. The number of halogens is 4. The topological polar surface area (TPSA) is 106 Å². The normalized spacial score (nSPS) is 16.3. The first kappa shape index (κ1) is 24.3. The molecule has 2 aromatic rings. The van der Waals surface area contributed by atoms with E-state index in [1.165, 1.54) is 15.9 Å². The highest BCUT2D eigenvalue weighted by Gasteiger charge is 2.32. The number of nitrogens with one attached hydrogen (secondary N) is 1. The second kappa shape index (κ2) is 8.87. The summed E-state index contributed by atoms with van der Waals surface area (Å²) in [5, 5.41) is 6.40. The Morgan fingerprint density at radius 2 is 1.91 bits per heavy atom. The summed E-state index contributed by atoms with van der Waals surface area (Å²) in [6.45, 7) is 0.0552. The van der Waals surface area contributed by atoms with Crippen molar-refractivity contribution in [2.45, 2.75) is 31.5 Å². The predicted octanol–water partition coefficient (Wildman–Crippen LogP) is 2.03. The summed E-state index contributed by atoms with van der Waals surface area (Å²) in [6, 6.07) is 2.53. The number of nitrogens with zero attached hydrogens (tertiary/aromatic N) is 4. The molecule has 1 N–H and O–H groups in total. The lowest BCUT2D eigenvalue weighted by Crippen LogP contribution is -2.37. The molecule has 1 aliphatic heterocycles. The van der Waals surface area contributed by atoms with E-state index in [0.717, 1.165) is 23.1 Å². The second-order valence-electron chi connectivity index (χ2n) is 7.53. The first-order valence-corrected chi connectivity index (χ1v) is 11.8. The molecule has 1 aromatic heterocycles. The monoisotopic (exact) mass is 495 g/mol. The van der Waals surface area contributed by atoms with E-state index in [-0.39, 0.29) is 16.6 Å². The van der Waals surface area contributed by atoms with Crippen molar-refractivity contribution in [2.75, 3.05) is 24.7 Å². The van der Waals surface area contributed by atoms with Crippen molar-refractivity contribution in [1.29, 1.82) is 0 Å². The van der Waals surface area contributed by atoms with Gasteiger partial charge in [0.2, 0.25) is 15.9 Å². The van der Waals surface area contributed by atoms with Crippen LogP contribution < -0.4 is 11.0 Å². The minimum Gasteiger partial charge on any atom is -0.323 e. The molecule has 0 unspecified atom stereocenters. The second-order valence-corrected chi connectivity index (χ2v) is 9.92. The van der Waals surface area contributed by atoms with Crippen LogP contribution in [-0.4, -0.2) is 52.3 Å². The number of carbonyl (C=O) groups is 1. The molecule has 32 heavy (non-hydrogen) atoms. The maximum atomic E-state index is 12.9. The third kappa shape index (κ3) is 5.33. The van der Waals surface area contributed by atoms with E-state index in [4.69, 9.17) is 11.6 Å². The molecule has 1 aliphatic rings. The smallest absolute Gasteiger partial charge is 0.323 e. The molecular formula is C18H21ClF3N5O4S. The van der Waals surface area contributed by atoms with Crippen LogP contribution >= 0.6 is 11.6 Å². The number of hydrogen-bond donors (Lipinski definition) is 1. The Morgan fingerprint density at radius 3 is 2.47 bits per heavy atom. The van der Waals surface area contributed by atoms with Crippen molar-refractivity contribution in [3.05, 3.63) is 45.1 Å². The van der Waals surface area contributed by atoms with Crippen LogP contribution in [0, 0.1) is 0 Å². The number of piperidine rings is 1. The maximum absolute atomic E-state index is 12.9. The summed E-state index contributed by atoms with van der Waals surface area (Å²) in [6.07, 6.45) is -2.55. The largest absolute Gasteiger partial charge is 0.416 e. The van der Waals surface area contributed by atoms with Gasteiger partial charge in [0.1, 0.15) is 12.4 Å². The zero-order chi connectivity index (χ0) is 23.8. The van der Waals surface area contributed by atoms with Gasteiger partial charge in [-0.25, -0.2) is 22.2 Å². The molecule has 1 amide bonds. The third-order valence-corrected chi connectivity index (χ3v) is 6.86. The molecule has 0 spiro atoms. The van der Waals surface area contributed by atoms with Crippen LogP contribution in [0.4, 0.5) is 18.9 Å². The first-order valence-electron chi connectivity index (χ1n) is 9.53. The van der Waals surface area contributed by atoms with Gasteiger partial charge in [-0.1, -0.05) is 11.6 Å². The molecule has 0 aliphatic carbocycles. The van der Waals surface area contributed by atoms with Crippen LogP contribution in [0.1, 0.15) is 30.1 Å². The predicted molar refractivity (Wildman–Crippen MR) is 111 cm³/mol. The summed E-state index contributed by atoms with van der Waals surface area (Å²) >= 11 is 5.88. The van der Waals surface area contributed by atoms with E-state index >= 15 is 0 Å². The molecule has 1 aromatic carbocycles. The van der Waals surface area contributed by atoms with Crippen LogP contribution in [0.15, 0.2) is 23.0 Å².